The lowest BCUT2D eigenvalue weighted by Gasteiger charge is -2.13. The predicted molar refractivity (Wildman–Crippen MR) is 146 cm³/mol. The van der Waals surface area contributed by atoms with E-state index in [4.69, 9.17) is 33.0 Å². The van der Waals surface area contributed by atoms with Crippen molar-refractivity contribution in [1.29, 1.82) is 0 Å². The highest BCUT2D eigenvalue weighted by Gasteiger charge is 2.19. The van der Waals surface area contributed by atoms with Crippen molar-refractivity contribution in [1.82, 2.24) is 10.3 Å². The maximum atomic E-state index is 12.9. The van der Waals surface area contributed by atoms with Crippen LogP contribution in [0.25, 0.3) is 32.6 Å². The van der Waals surface area contributed by atoms with Crippen LogP contribution in [-0.4, -0.2) is 23.1 Å². The Morgan fingerprint density at radius 1 is 1.11 bits per heavy atom. The fourth-order valence-electron chi connectivity index (χ4n) is 3.72. The third-order valence-electron chi connectivity index (χ3n) is 5.67. The van der Waals surface area contributed by atoms with E-state index in [9.17, 15) is 4.79 Å². The zero-order valence-corrected chi connectivity index (χ0v) is 21.5. The number of nitrogens with zero attached hydrogens (tertiary/aromatic N) is 1. The fraction of sp³-hybridized carbons (Fsp3) is 0.115. The molecule has 0 atom stereocenters. The van der Waals surface area contributed by atoms with Gasteiger partial charge in [0.05, 0.1) is 17.8 Å². The summed E-state index contributed by atoms with van der Waals surface area (Å²) in [5, 5.41) is 7.11. The van der Waals surface area contributed by atoms with Gasteiger partial charge in [0.15, 0.2) is 10.7 Å². The molecule has 2 N–H and O–H groups in total. The Bertz CT molecular complexity index is 1580. The number of aromatic nitrogens is 1. The summed E-state index contributed by atoms with van der Waals surface area (Å²) >= 11 is 13.2. The SMILES string of the molecule is COc1ccc(-c2nc3cc(C)c(C)cc3o2)cc1NC(=S)NC(=O)c1sc2ccccc2c1Cl. The number of ether oxygens (including phenoxy) is 1. The fourth-order valence-corrected chi connectivity index (χ4v) is 5.33. The summed E-state index contributed by atoms with van der Waals surface area (Å²) in [5.41, 5.74) is 5.09. The number of anilines is 1. The minimum absolute atomic E-state index is 0.114. The summed E-state index contributed by atoms with van der Waals surface area (Å²) in [6, 6.07) is 17.0. The molecule has 0 bridgehead atoms. The molecule has 6 nitrogen and oxygen atoms in total. The Morgan fingerprint density at radius 3 is 2.66 bits per heavy atom. The molecule has 0 radical (unpaired) electrons. The van der Waals surface area contributed by atoms with Crippen LogP contribution in [0.4, 0.5) is 5.69 Å². The highest BCUT2D eigenvalue weighted by atomic mass is 35.5. The topological polar surface area (TPSA) is 76.4 Å². The summed E-state index contributed by atoms with van der Waals surface area (Å²) in [6.07, 6.45) is 0. The van der Waals surface area contributed by atoms with Crippen molar-refractivity contribution in [2.24, 2.45) is 0 Å². The second-order valence-electron chi connectivity index (χ2n) is 7.99. The van der Waals surface area contributed by atoms with Gasteiger partial charge in [-0.05, 0) is 73.6 Å². The van der Waals surface area contributed by atoms with Crippen molar-refractivity contribution in [3.8, 4) is 17.2 Å². The molecule has 0 aliphatic carbocycles. The van der Waals surface area contributed by atoms with Gasteiger partial charge in [0.1, 0.15) is 16.1 Å². The molecule has 9 heteroatoms. The Balaban J connectivity index is 1.39. The number of rotatable bonds is 4. The van der Waals surface area contributed by atoms with E-state index in [1.165, 1.54) is 11.3 Å². The number of halogens is 1. The zero-order chi connectivity index (χ0) is 24.7. The number of carbonyl (C=O) groups is 1. The number of fused-ring (bicyclic) bond motifs is 2. The first kappa shape index (κ1) is 23.3. The highest BCUT2D eigenvalue weighted by molar-refractivity contribution is 7.80. The van der Waals surface area contributed by atoms with E-state index in [1.807, 2.05) is 62.4 Å². The van der Waals surface area contributed by atoms with Gasteiger partial charge < -0.3 is 14.5 Å². The number of thiophene rings is 1. The largest absolute Gasteiger partial charge is 0.495 e. The van der Waals surface area contributed by atoms with E-state index in [0.717, 1.165) is 37.9 Å². The van der Waals surface area contributed by atoms with Gasteiger partial charge in [0.2, 0.25) is 5.89 Å². The smallest absolute Gasteiger partial charge is 0.269 e. The first-order valence-electron chi connectivity index (χ1n) is 10.7. The molecular weight excluding hydrogens is 502 g/mol. The van der Waals surface area contributed by atoms with Gasteiger partial charge in [-0.1, -0.05) is 29.8 Å². The van der Waals surface area contributed by atoms with Crippen LogP contribution < -0.4 is 15.4 Å². The highest BCUT2D eigenvalue weighted by Crippen LogP contribution is 2.35. The van der Waals surface area contributed by atoms with Crippen molar-refractivity contribution >= 4 is 73.0 Å². The average Bonchev–Trinajstić information content (AvgIpc) is 3.40. The molecule has 0 saturated carbocycles. The zero-order valence-electron chi connectivity index (χ0n) is 19.1. The van der Waals surface area contributed by atoms with Crippen LogP contribution in [0.15, 0.2) is 59.0 Å². The van der Waals surface area contributed by atoms with Gasteiger partial charge >= 0.3 is 0 Å². The maximum Gasteiger partial charge on any atom is 0.269 e. The van der Waals surface area contributed by atoms with Crippen molar-refractivity contribution in [3.05, 3.63) is 75.6 Å². The Morgan fingerprint density at radius 2 is 1.89 bits per heavy atom. The molecule has 5 aromatic rings. The minimum Gasteiger partial charge on any atom is -0.495 e. The molecule has 0 saturated heterocycles. The predicted octanol–water partition coefficient (Wildman–Crippen LogP) is 7.12. The summed E-state index contributed by atoms with van der Waals surface area (Å²) in [7, 11) is 1.56. The first-order valence-corrected chi connectivity index (χ1v) is 12.3. The van der Waals surface area contributed by atoms with E-state index < -0.39 is 0 Å². The van der Waals surface area contributed by atoms with E-state index >= 15 is 0 Å². The molecule has 5 rings (SSSR count). The average molecular weight is 522 g/mol. The standard InChI is InChI=1S/C26H20ClN3O3S2/c1-13-10-17-20(11-14(13)2)33-25(28-17)15-8-9-19(32-3)18(12-15)29-26(34)30-24(31)23-22(27)16-6-4-5-7-21(16)35-23/h4-12H,1-3H3,(H2,29,30,31,34). The lowest BCUT2D eigenvalue weighted by molar-refractivity contribution is 0.0982. The lowest BCUT2D eigenvalue weighted by Crippen LogP contribution is -2.33. The number of thiocarbonyl (C=S) groups is 1. The van der Waals surface area contributed by atoms with Crippen LogP contribution in [0.1, 0.15) is 20.8 Å². The number of hydrogen-bond acceptors (Lipinski definition) is 6. The molecule has 0 aliphatic rings. The summed E-state index contributed by atoms with van der Waals surface area (Å²) < 4.78 is 12.4. The number of oxazole rings is 1. The van der Waals surface area contributed by atoms with Crippen molar-refractivity contribution in [3.63, 3.8) is 0 Å². The van der Waals surface area contributed by atoms with E-state index in [0.29, 0.717) is 27.2 Å². The summed E-state index contributed by atoms with van der Waals surface area (Å²) in [4.78, 5) is 17.9. The number of methoxy groups -OCH3 is 1. The van der Waals surface area contributed by atoms with E-state index in [1.54, 1.807) is 13.2 Å². The Hall–Kier alpha value is -3.46. The van der Waals surface area contributed by atoms with Gasteiger partial charge in [0, 0.05) is 15.6 Å². The number of amides is 1. The van der Waals surface area contributed by atoms with Crippen LogP contribution in [0, 0.1) is 13.8 Å². The maximum absolute atomic E-state index is 12.9. The molecule has 3 aromatic carbocycles. The molecule has 0 unspecified atom stereocenters. The molecule has 2 heterocycles. The molecule has 0 fully saturated rings. The molecule has 35 heavy (non-hydrogen) atoms. The van der Waals surface area contributed by atoms with Gasteiger partial charge in [-0.25, -0.2) is 4.98 Å². The van der Waals surface area contributed by atoms with E-state index in [-0.39, 0.29) is 11.0 Å². The monoisotopic (exact) mass is 521 g/mol. The summed E-state index contributed by atoms with van der Waals surface area (Å²) in [6.45, 7) is 4.08. The van der Waals surface area contributed by atoms with Crippen molar-refractivity contribution in [2.75, 3.05) is 12.4 Å². The third kappa shape index (κ3) is 4.48. The number of hydrogen-bond donors (Lipinski definition) is 2. The second-order valence-corrected chi connectivity index (χ2v) is 9.83. The van der Waals surface area contributed by atoms with Crippen LogP contribution in [0.2, 0.25) is 5.02 Å². The molecule has 2 aromatic heterocycles. The van der Waals surface area contributed by atoms with E-state index in [2.05, 4.69) is 15.6 Å². The Labute approximate surface area is 215 Å². The van der Waals surface area contributed by atoms with Crippen LogP contribution in [0.3, 0.4) is 0 Å². The van der Waals surface area contributed by atoms with Crippen LogP contribution in [-0.2, 0) is 0 Å². The molecule has 0 spiro atoms. The number of aryl methyl sites for hydroxylation is 2. The van der Waals surface area contributed by atoms with Gasteiger partial charge in [0.25, 0.3) is 5.91 Å². The minimum atomic E-state index is -0.381. The van der Waals surface area contributed by atoms with Gasteiger partial charge in [-0.2, -0.15) is 0 Å². The molecule has 176 valence electrons. The summed E-state index contributed by atoms with van der Waals surface area (Å²) in [5.74, 6) is 0.643. The van der Waals surface area contributed by atoms with Crippen molar-refractivity contribution in [2.45, 2.75) is 13.8 Å². The Kier molecular flexibility index (Phi) is 6.19. The van der Waals surface area contributed by atoms with Crippen LogP contribution >= 0.6 is 35.2 Å². The lowest BCUT2D eigenvalue weighted by atomic mass is 10.1. The third-order valence-corrected chi connectivity index (χ3v) is 7.55. The normalized spacial score (nSPS) is 11.1. The number of nitrogens with one attached hydrogen (secondary N) is 2. The number of carbonyl (C=O) groups excluding carboxylic acids is 1. The second kappa shape index (κ2) is 9.30. The quantitative estimate of drug-likeness (QED) is 0.245. The molecule has 0 aliphatic heterocycles. The molecular formula is C26H20ClN3O3S2. The number of benzene rings is 3. The van der Waals surface area contributed by atoms with Crippen LogP contribution in [0.5, 0.6) is 5.75 Å². The van der Waals surface area contributed by atoms with Crippen molar-refractivity contribution < 1.29 is 13.9 Å². The molecule has 1 amide bonds. The first-order chi connectivity index (χ1) is 16.8. The van der Waals surface area contributed by atoms with Gasteiger partial charge in [-0.3, -0.25) is 10.1 Å². The van der Waals surface area contributed by atoms with Gasteiger partial charge in [-0.15, -0.1) is 11.3 Å².